The van der Waals surface area contributed by atoms with Gasteiger partial charge in [-0.2, -0.15) is 0 Å². The number of hydrogen-bond acceptors (Lipinski definition) is 4. The van der Waals surface area contributed by atoms with Gasteiger partial charge in [0.25, 0.3) is 0 Å². The second kappa shape index (κ2) is 18.8. The van der Waals surface area contributed by atoms with Crippen LogP contribution in [-0.4, -0.2) is 25.4 Å². The summed E-state index contributed by atoms with van der Waals surface area (Å²) in [5, 5.41) is 2.39. The molecule has 1 amide bonds. The molecule has 0 atom stereocenters. The van der Waals surface area contributed by atoms with Crippen molar-refractivity contribution in [3.8, 4) is 5.75 Å². The normalized spacial score (nSPS) is 6.79. The molecular formula is C13H25ClN2O3. The molecule has 0 saturated heterocycles. The van der Waals surface area contributed by atoms with Crippen LogP contribution in [0.25, 0.3) is 0 Å². The minimum absolute atomic E-state index is 0. The molecule has 5 nitrogen and oxygen atoms in total. The summed E-state index contributed by atoms with van der Waals surface area (Å²) in [6.07, 6.45) is 0. The van der Waals surface area contributed by atoms with Crippen LogP contribution in [0.1, 0.15) is 21.8 Å². The lowest BCUT2D eigenvalue weighted by molar-refractivity contribution is -0.118. The molecule has 112 valence electrons. The summed E-state index contributed by atoms with van der Waals surface area (Å²) in [5.41, 5.74) is 3.69. The number of carbonyl (C=O) groups is 2. The molecule has 0 spiro atoms. The van der Waals surface area contributed by atoms with Crippen LogP contribution in [0.4, 0.5) is 4.79 Å². The Hall–Kier alpha value is -1.59. The van der Waals surface area contributed by atoms with E-state index in [1.807, 2.05) is 6.07 Å². The highest BCUT2D eigenvalue weighted by atomic mass is 35.5. The molecule has 0 bridgehead atoms. The highest BCUT2D eigenvalue weighted by molar-refractivity contribution is 6.61. The molecule has 0 aliphatic heterocycles. The summed E-state index contributed by atoms with van der Waals surface area (Å²) in [4.78, 5) is 19.9. The molecule has 1 aromatic rings. The van der Waals surface area contributed by atoms with Gasteiger partial charge in [0.1, 0.15) is 5.75 Å². The van der Waals surface area contributed by atoms with Crippen molar-refractivity contribution in [3.05, 3.63) is 30.3 Å². The average Bonchev–Trinajstić information content (AvgIpc) is 2.33. The van der Waals surface area contributed by atoms with Gasteiger partial charge < -0.3 is 15.8 Å². The highest BCUT2D eigenvalue weighted by Crippen LogP contribution is 2.09. The summed E-state index contributed by atoms with van der Waals surface area (Å²) in [7, 11) is 3.10. The quantitative estimate of drug-likeness (QED) is 0.780. The Morgan fingerprint density at radius 3 is 1.79 bits per heavy atom. The maximum atomic E-state index is 10.2. The Kier molecular flexibility index (Phi) is 25.8. The molecule has 6 heteroatoms. The molecule has 0 saturated carbocycles. The van der Waals surface area contributed by atoms with Crippen molar-refractivity contribution in [3.63, 3.8) is 0 Å². The maximum Gasteiger partial charge on any atom is 0.409 e. The van der Waals surface area contributed by atoms with Gasteiger partial charge in [-0.25, -0.2) is 4.79 Å². The summed E-state index contributed by atoms with van der Waals surface area (Å²) < 4.78 is 4.54. The number of rotatable bonds is 1. The lowest BCUT2D eigenvalue weighted by atomic mass is 10.3. The number of para-hydroxylation sites is 1. The zero-order valence-electron chi connectivity index (χ0n) is 10.1. The van der Waals surface area contributed by atoms with Crippen molar-refractivity contribution >= 4 is 22.9 Å². The smallest absolute Gasteiger partial charge is 0.409 e. The highest BCUT2D eigenvalue weighted by Gasteiger charge is 1.95. The fraction of sp³-hybridized carbons (Fsp3) is 0.385. The second-order valence-corrected chi connectivity index (χ2v) is 2.77. The number of halogens is 1. The van der Waals surface area contributed by atoms with E-state index >= 15 is 0 Å². The Bertz CT molecular complexity index is 319. The summed E-state index contributed by atoms with van der Waals surface area (Å²) in [6, 6.07) is 8.65. The van der Waals surface area contributed by atoms with Crippen molar-refractivity contribution in [2.75, 3.05) is 14.1 Å². The lowest BCUT2D eigenvalue weighted by Crippen LogP contribution is -2.11. The predicted octanol–water partition coefficient (Wildman–Crippen LogP) is 3.02. The van der Waals surface area contributed by atoms with Gasteiger partial charge in [-0.1, -0.05) is 33.1 Å². The molecule has 0 unspecified atom stereocenters. The third kappa shape index (κ3) is 22.1. The van der Waals surface area contributed by atoms with Crippen molar-refractivity contribution in [2.45, 2.75) is 21.8 Å². The number of hydrogen-bond donors (Lipinski definition) is 2. The van der Waals surface area contributed by atoms with E-state index in [1.165, 1.54) is 14.0 Å². The van der Waals surface area contributed by atoms with E-state index in [2.05, 4.69) is 15.8 Å². The van der Waals surface area contributed by atoms with E-state index in [4.69, 9.17) is 11.6 Å². The number of nitrogens with one attached hydrogen (secondary N) is 1. The van der Waals surface area contributed by atoms with Crippen LogP contribution in [0.2, 0.25) is 0 Å². The Morgan fingerprint density at radius 1 is 1.16 bits per heavy atom. The number of nitrogens with two attached hydrogens (primary N) is 1. The Labute approximate surface area is 121 Å². The molecule has 0 fully saturated rings. The van der Waals surface area contributed by atoms with Crippen molar-refractivity contribution in [1.82, 2.24) is 5.32 Å². The third-order valence-corrected chi connectivity index (χ3v) is 1.37. The number of ether oxygens (including phenoxy) is 1. The number of amides is 1. The predicted molar refractivity (Wildman–Crippen MR) is 81.6 cm³/mol. The third-order valence-electron chi connectivity index (χ3n) is 1.29. The van der Waals surface area contributed by atoms with Crippen molar-refractivity contribution < 1.29 is 14.3 Å². The fourth-order valence-electron chi connectivity index (χ4n) is 0.581. The SMILES string of the molecule is C.C.CN.CNC(C)=O.O=C(Cl)Oc1ccccc1. The van der Waals surface area contributed by atoms with Crippen LogP contribution in [-0.2, 0) is 4.79 Å². The molecule has 1 rings (SSSR count). The Balaban J connectivity index is -0.000000109. The zero-order valence-corrected chi connectivity index (χ0v) is 10.8. The largest absolute Gasteiger partial charge is 0.415 e. The van der Waals surface area contributed by atoms with E-state index in [9.17, 15) is 9.59 Å². The molecule has 19 heavy (non-hydrogen) atoms. The standard InChI is InChI=1S/C7H5ClO2.C3H7NO.CH5N.2CH4/c8-7(9)10-6-4-2-1-3-5-6;1-3(5)4-2;1-2;;/h1-5H;1-2H3,(H,4,5);2H2,1H3;2*1H4. The molecular weight excluding hydrogens is 268 g/mol. The summed E-state index contributed by atoms with van der Waals surface area (Å²) >= 11 is 4.95. The molecule has 3 N–H and O–H groups in total. The molecule has 0 heterocycles. The monoisotopic (exact) mass is 292 g/mol. The average molecular weight is 293 g/mol. The van der Waals surface area contributed by atoms with Gasteiger partial charge in [0.05, 0.1) is 0 Å². The zero-order chi connectivity index (χ0) is 13.7. The second-order valence-electron chi connectivity index (χ2n) is 2.46. The minimum Gasteiger partial charge on any atom is -0.415 e. The van der Waals surface area contributed by atoms with Gasteiger partial charge >= 0.3 is 5.43 Å². The molecule has 0 aliphatic carbocycles. The minimum atomic E-state index is -0.814. The molecule has 1 aromatic carbocycles. The van der Waals surface area contributed by atoms with Crippen LogP contribution in [0, 0.1) is 0 Å². The summed E-state index contributed by atoms with van der Waals surface area (Å²) in [5.74, 6) is 0.465. The fourth-order valence-corrected chi connectivity index (χ4v) is 0.670. The van der Waals surface area contributed by atoms with Crippen LogP contribution in [0.3, 0.4) is 0 Å². The van der Waals surface area contributed by atoms with Gasteiger partial charge in [-0.05, 0) is 19.2 Å². The van der Waals surface area contributed by atoms with E-state index in [1.54, 1.807) is 31.3 Å². The summed E-state index contributed by atoms with van der Waals surface area (Å²) in [6.45, 7) is 1.47. The Morgan fingerprint density at radius 2 is 1.53 bits per heavy atom. The van der Waals surface area contributed by atoms with Gasteiger partial charge in [0.2, 0.25) is 5.91 Å². The van der Waals surface area contributed by atoms with Crippen LogP contribution in [0.5, 0.6) is 5.75 Å². The molecule has 0 radical (unpaired) electrons. The van der Waals surface area contributed by atoms with Crippen LogP contribution in [0.15, 0.2) is 30.3 Å². The van der Waals surface area contributed by atoms with Crippen LogP contribution >= 0.6 is 11.6 Å². The van der Waals surface area contributed by atoms with Gasteiger partial charge in [-0.15, -0.1) is 0 Å². The van der Waals surface area contributed by atoms with E-state index < -0.39 is 5.43 Å². The van der Waals surface area contributed by atoms with Gasteiger partial charge in [-0.3, -0.25) is 4.79 Å². The first-order valence-corrected chi connectivity index (χ1v) is 5.12. The van der Waals surface area contributed by atoms with Gasteiger partial charge in [0.15, 0.2) is 0 Å². The first-order valence-electron chi connectivity index (χ1n) is 4.74. The molecule has 0 aromatic heterocycles. The van der Waals surface area contributed by atoms with Crippen molar-refractivity contribution in [1.29, 1.82) is 0 Å². The topological polar surface area (TPSA) is 81.4 Å². The first-order chi connectivity index (χ1) is 8.06. The lowest BCUT2D eigenvalue weighted by Gasteiger charge is -1.95. The van der Waals surface area contributed by atoms with E-state index in [0.29, 0.717) is 5.75 Å². The maximum absolute atomic E-state index is 10.2. The van der Waals surface area contributed by atoms with Gasteiger partial charge in [0, 0.05) is 25.6 Å². The number of carbonyl (C=O) groups excluding carboxylic acids is 2. The van der Waals surface area contributed by atoms with Crippen molar-refractivity contribution in [2.24, 2.45) is 5.73 Å². The first kappa shape index (κ1) is 26.1. The van der Waals surface area contributed by atoms with E-state index in [-0.39, 0.29) is 20.8 Å². The number of benzene rings is 1. The molecule has 0 aliphatic rings. The van der Waals surface area contributed by atoms with E-state index in [0.717, 1.165) is 0 Å². The van der Waals surface area contributed by atoms with Crippen LogP contribution < -0.4 is 15.8 Å².